The predicted octanol–water partition coefficient (Wildman–Crippen LogP) is 0.322. The van der Waals surface area contributed by atoms with Crippen LogP contribution in [0.4, 0.5) is 0 Å². The highest BCUT2D eigenvalue weighted by Gasteiger charge is 2.14. The van der Waals surface area contributed by atoms with E-state index < -0.39 is 10.0 Å². The van der Waals surface area contributed by atoms with Gasteiger partial charge in [0.25, 0.3) is 0 Å². The number of hydrogen-bond donors (Lipinski definition) is 2. The topological polar surface area (TPSA) is 64.7 Å². The van der Waals surface area contributed by atoms with Crippen molar-refractivity contribution in [2.45, 2.75) is 17.9 Å². The Morgan fingerprint density at radius 1 is 1.17 bits per heavy atom. The van der Waals surface area contributed by atoms with Crippen LogP contribution >= 0.6 is 0 Å². The Morgan fingerprint density at radius 3 is 2.43 bits per heavy atom. The van der Waals surface area contributed by atoms with E-state index in [1.165, 1.54) is 0 Å². The molecule has 1 aromatic carbocycles. The van der Waals surface area contributed by atoms with Gasteiger partial charge < -0.3 is 15.1 Å². The van der Waals surface area contributed by atoms with Gasteiger partial charge in [0, 0.05) is 39.3 Å². The zero-order valence-electron chi connectivity index (χ0n) is 14.1. The van der Waals surface area contributed by atoms with Gasteiger partial charge in [0.2, 0.25) is 10.0 Å². The Morgan fingerprint density at radius 2 is 1.83 bits per heavy atom. The lowest BCUT2D eigenvalue weighted by molar-refractivity contribution is 0.239. The molecular formula is C16H28N4O2S. The number of rotatable bonds is 8. The van der Waals surface area contributed by atoms with Crippen LogP contribution in [0, 0.1) is 0 Å². The summed E-state index contributed by atoms with van der Waals surface area (Å²) in [5.41, 5.74) is 1.10. The summed E-state index contributed by atoms with van der Waals surface area (Å²) >= 11 is 0. The quantitative estimate of drug-likeness (QED) is 0.668. The minimum Gasteiger partial charge on any atom is -0.314 e. The maximum atomic E-state index is 12.3. The molecule has 0 atom stereocenters. The maximum absolute atomic E-state index is 12.3. The van der Waals surface area contributed by atoms with Gasteiger partial charge in [0.05, 0.1) is 4.90 Å². The van der Waals surface area contributed by atoms with Crippen LogP contribution in [0.2, 0.25) is 0 Å². The van der Waals surface area contributed by atoms with Crippen LogP contribution in [0.5, 0.6) is 0 Å². The smallest absolute Gasteiger partial charge is 0.240 e. The second-order valence-corrected chi connectivity index (χ2v) is 7.99. The fourth-order valence-electron chi connectivity index (χ4n) is 2.67. The molecule has 7 heteroatoms. The zero-order chi connectivity index (χ0) is 16.7. The van der Waals surface area contributed by atoms with Crippen molar-refractivity contribution in [1.29, 1.82) is 0 Å². The molecule has 6 nitrogen and oxygen atoms in total. The molecule has 1 heterocycles. The summed E-state index contributed by atoms with van der Waals surface area (Å²) < 4.78 is 27.2. The van der Waals surface area contributed by atoms with Gasteiger partial charge in [-0.1, -0.05) is 12.1 Å². The van der Waals surface area contributed by atoms with Gasteiger partial charge in [-0.3, -0.25) is 0 Å². The Kier molecular flexibility index (Phi) is 6.98. The molecule has 0 amide bonds. The van der Waals surface area contributed by atoms with Gasteiger partial charge in [-0.15, -0.1) is 0 Å². The summed E-state index contributed by atoms with van der Waals surface area (Å²) in [5.74, 6) is 0. The van der Waals surface area contributed by atoms with Crippen molar-refractivity contribution in [3.8, 4) is 0 Å². The first-order valence-electron chi connectivity index (χ1n) is 8.14. The summed E-state index contributed by atoms with van der Waals surface area (Å²) in [6, 6.07) is 7.10. The first-order valence-corrected chi connectivity index (χ1v) is 9.62. The first kappa shape index (κ1) is 18.4. The lowest BCUT2D eigenvalue weighted by Gasteiger charge is -2.27. The minimum atomic E-state index is -3.40. The largest absolute Gasteiger partial charge is 0.314 e. The number of sulfonamides is 1. The molecule has 0 bridgehead atoms. The second-order valence-electron chi connectivity index (χ2n) is 6.22. The van der Waals surface area contributed by atoms with Gasteiger partial charge in [-0.05, 0) is 44.8 Å². The lowest BCUT2D eigenvalue weighted by Crippen LogP contribution is -2.44. The van der Waals surface area contributed by atoms with Gasteiger partial charge in [-0.2, -0.15) is 0 Å². The fourth-order valence-corrected chi connectivity index (χ4v) is 3.74. The highest BCUT2D eigenvalue weighted by molar-refractivity contribution is 7.89. The van der Waals surface area contributed by atoms with Crippen molar-refractivity contribution in [2.24, 2.45) is 0 Å². The first-order chi connectivity index (χ1) is 11.0. The molecule has 130 valence electrons. The molecule has 0 radical (unpaired) electrons. The summed E-state index contributed by atoms with van der Waals surface area (Å²) in [7, 11) is 0.578. The molecule has 0 spiro atoms. The molecular weight excluding hydrogens is 312 g/mol. The highest BCUT2D eigenvalue weighted by atomic mass is 32.2. The van der Waals surface area contributed by atoms with Gasteiger partial charge in [0.15, 0.2) is 0 Å². The molecule has 0 aromatic heterocycles. The van der Waals surface area contributed by atoms with Gasteiger partial charge in [-0.25, -0.2) is 13.1 Å². The van der Waals surface area contributed by atoms with Crippen LogP contribution in [0.3, 0.4) is 0 Å². The van der Waals surface area contributed by atoms with E-state index in [0.717, 1.165) is 51.3 Å². The summed E-state index contributed by atoms with van der Waals surface area (Å²) in [6.45, 7) is 6.34. The molecule has 0 unspecified atom stereocenters. The number of piperazine rings is 1. The van der Waals surface area contributed by atoms with E-state index >= 15 is 0 Å². The van der Waals surface area contributed by atoms with Gasteiger partial charge in [0.1, 0.15) is 0 Å². The molecule has 1 aromatic rings. The predicted molar refractivity (Wildman–Crippen MR) is 92.9 cm³/mol. The van der Waals surface area contributed by atoms with E-state index in [4.69, 9.17) is 0 Å². The van der Waals surface area contributed by atoms with Crippen molar-refractivity contribution < 1.29 is 8.42 Å². The maximum Gasteiger partial charge on any atom is 0.240 e. The second kappa shape index (κ2) is 8.75. The molecule has 2 rings (SSSR count). The van der Waals surface area contributed by atoms with E-state index in [9.17, 15) is 8.42 Å². The van der Waals surface area contributed by atoms with Crippen molar-refractivity contribution in [1.82, 2.24) is 19.8 Å². The Hall–Kier alpha value is -0.990. The number of benzene rings is 1. The third-order valence-corrected chi connectivity index (χ3v) is 5.36. The van der Waals surface area contributed by atoms with Crippen LogP contribution < -0.4 is 10.0 Å². The van der Waals surface area contributed by atoms with E-state index in [1.807, 2.05) is 26.2 Å². The van der Waals surface area contributed by atoms with Crippen LogP contribution in [0.15, 0.2) is 29.2 Å². The van der Waals surface area contributed by atoms with Crippen molar-refractivity contribution in [3.05, 3.63) is 29.8 Å². The van der Waals surface area contributed by atoms with Gasteiger partial charge >= 0.3 is 0 Å². The van der Waals surface area contributed by atoms with E-state index in [-0.39, 0.29) is 0 Å². The van der Waals surface area contributed by atoms with Crippen LogP contribution in [-0.4, -0.2) is 71.6 Å². The van der Waals surface area contributed by atoms with Crippen LogP contribution in [0.1, 0.15) is 12.0 Å². The van der Waals surface area contributed by atoms with Crippen molar-refractivity contribution in [2.75, 3.05) is 53.4 Å². The van der Waals surface area contributed by atoms with Crippen molar-refractivity contribution in [3.63, 3.8) is 0 Å². The Bertz CT molecular complexity index is 566. The Balaban J connectivity index is 1.78. The number of nitrogens with one attached hydrogen (secondary N) is 2. The summed E-state index contributed by atoms with van der Waals surface area (Å²) in [5, 5.41) is 3.31. The third-order valence-electron chi connectivity index (χ3n) is 3.89. The summed E-state index contributed by atoms with van der Waals surface area (Å²) in [4.78, 5) is 4.75. The molecule has 1 saturated heterocycles. The minimum absolute atomic E-state index is 0.335. The summed E-state index contributed by atoms with van der Waals surface area (Å²) in [6.07, 6.45) is 0.831. The highest BCUT2D eigenvalue weighted by Crippen LogP contribution is 2.11. The monoisotopic (exact) mass is 340 g/mol. The fraction of sp³-hybridized carbons (Fsp3) is 0.625. The third kappa shape index (κ3) is 6.19. The van der Waals surface area contributed by atoms with E-state index in [2.05, 4.69) is 19.8 Å². The molecule has 0 aliphatic carbocycles. The standard InChI is InChI=1S/C16H28N4O2S/c1-19(2)14-15-4-6-16(7-5-15)23(21,22)18-8-3-11-20-12-9-17-10-13-20/h4-7,17-18H,3,8-14H2,1-2H3. The molecule has 23 heavy (non-hydrogen) atoms. The zero-order valence-corrected chi connectivity index (χ0v) is 14.9. The molecule has 1 aliphatic rings. The average molecular weight is 340 g/mol. The Labute approximate surface area is 139 Å². The number of hydrogen-bond acceptors (Lipinski definition) is 5. The average Bonchev–Trinajstić information content (AvgIpc) is 2.53. The SMILES string of the molecule is CN(C)Cc1ccc(S(=O)(=O)NCCCN2CCNCC2)cc1. The molecule has 2 N–H and O–H groups in total. The van der Waals surface area contributed by atoms with E-state index in [1.54, 1.807) is 12.1 Å². The molecule has 1 fully saturated rings. The number of nitrogens with zero attached hydrogens (tertiary/aromatic N) is 2. The lowest BCUT2D eigenvalue weighted by atomic mass is 10.2. The van der Waals surface area contributed by atoms with Crippen molar-refractivity contribution >= 4 is 10.0 Å². The van der Waals surface area contributed by atoms with E-state index in [0.29, 0.717) is 11.4 Å². The van der Waals surface area contributed by atoms with Crippen LogP contribution in [-0.2, 0) is 16.6 Å². The molecule has 0 saturated carbocycles. The van der Waals surface area contributed by atoms with Crippen LogP contribution in [0.25, 0.3) is 0 Å². The normalized spacial score (nSPS) is 16.8. The molecule has 1 aliphatic heterocycles.